The SMILES string of the molecule is COCCOCCCOCc1nnc(Cl)s1. The number of hydrogen-bond donors (Lipinski definition) is 0. The van der Waals surface area contributed by atoms with E-state index < -0.39 is 0 Å². The van der Waals surface area contributed by atoms with Gasteiger partial charge < -0.3 is 14.2 Å². The summed E-state index contributed by atoms with van der Waals surface area (Å²) in [5.41, 5.74) is 0. The van der Waals surface area contributed by atoms with Crippen LogP contribution in [0.3, 0.4) is 0 Å². The van der Waals surface area contributed by atoms with Gasteiger partial charge in [-0.3, -0.25) is 0 Å². The minimum Gasteiger partial charge on any atom is -0.382 e. The van der Waals surface area contributed by atoms with Crippen molar-refractivity contribution in [3.05, 3.63) is 9.47 Å². The van der Waals surface area contributed by atoms with Gasteiger partial charge in [-0.15, -0.1) is 10.2 Å². The van der Waals surface area contributed by atoms with E-state index in [1.807, 2.05) is 0 Å². The first-order valence-electron chi connectivity index (χ1n) is 4.95. The Hall–Kier alpha value is -0.270. The molecule has 16 heavy (non-hydrogen) atoms. The highest BCUT2D eigenvalue weighted by Gasteiger charge is 2.00. The number of aromatic nitrogens is 2. The van der Waals surface area contributed by atoms with Gasteiger partial charge in [0.15, 0.2) is 0 Å². The molecular formula is C9H15ClN2O3S. The molecule has 0 atom stereocenters. The zero-order chi connectivity index (χ0) is 11.6. The maximum atomic E-state index is 5.63. The monoisotopic (exact) mass is 266 g/mol. The molecule has 0 spiro atoms. The van der Waals surface area contributed by atoms with Crippen LogP contribution in [0.4, 0.5) is 0 Å². The molecule has 0 unspecified atom stereocenters. The Bertz CT molecular complexity index is 285. The summed E-state index contributed by atoms with van der Waals surface area (Å²) in [7, 11) is 1.65. The van der Waals surface area contributed by atoms with Crippen LogP contribution < -0.4 is 0 Å². The zero-order valence-electron chi connectivity index (χ0n) is 9.15. The highest BCUT2D eigenvalue weighted by Crippen LogP contribution is 2.15. The molecular weight excluding hydrogens is 252 g/mol. The lowest BCUT2D eigenvalue weighted by Crippen LogP contribution is -2.05. The van der Waals surface area contributed by atoms with Crippen molar-refractivity contribution in [2.45, 2.75) is 13.0 Å². The Morgan fingerprint density at radius 3 is 2.62 bits per heavy atom. The van der Waals surface area contributed by atoms with Crippen LogP contribution in [0.5, 0.6) is 0 Å². The predicted octanol–water partition coefficient (Wildman–Crippen LogP) is 1.76. The number of ether oxygens (including phenoxy) is 3. The third kappa shape index (κ3) is 6.34. The van der Waals surface area contributed by atoms with E-state index in [4.69, 9.17) is 25.8 Å². The molecule has 0 N–H and O–H groups in total. The van der Waals surface area contributed by atoms with E-state index in [2.05, 4.69) is 10.2 Å². The lowest BCUT2D eigenvalue weighted by atomic mass is 10.5. The second-order valence-corrected chi connectivity index (χ2v) is 4.60. The van der Waals surface area contributed by atoms with E-state index in [1.54, 1.807) is 7.11 Å². The van der Waals surface area contributed by atoms with Gasteiger partial charge in [0.05, 0.1) is 13.2 Å². The van der Waals surface area contributed by atoms with Crippen molar-refractivity contribution >= 4 is 22.9 Å². The molecule has 0 aliphatic rings. The van der Waals surface area contributed by atoms with Crippen molar-refractivity contribution in [2.24, 2.45) is 0 Å². The molecule has 1 aromatic heterocycles. The smallest absolute Gasteiger partial charge is 0.207 e. The fourth-order valence-corrected chi connectivity index (χ4v) is 1.76. The molecule has 1 heterocycles. The van der Waals surface area contributed by atoms with Crippen LogP contribution >= 0.6 is 22.9 Å². The fourth-order valence-electron chi connectivity index (χ4n) is 0.958. The number of methoxy groups -OCH3 is 1. The fraction of sp³-hybridized carbons (Fsp3) is 0.778. The number of hydrogen-bond acceptors (Lipinski definition) is 6. The van der Waals surface area contributed by atoms with Crippen LogP contribution in [-0.4, -0.2) is 43.7 Å². The molecule has 0 amide bonds. The molecule has 0 aromatic carbocycles. The van der Waals surface area contributed by atoms with E-state index in [1.165, 1.54) is 11.3 Å². The molecule has 0 bridgehead atoms. The van der Waals surface area contributed by atoms with Gasteiger partial charge >= 0.3 is 0 Å². The maximum absolute atomic E-state index is 5.63. The topological polar surface area (TPSA) is 53.5 Å². The molecule has 0 aliphatic carbocycles. The van der Waals surface area contributed by atoms with Crippen LogP contribution in [0.2, 0.25) is 4.47 Å². The molecule has 0 saturated heterocycles. The molecule has 0 aliphatic heterocycles. The highest BCUT2D eigenvalue weighted by molar-refractivity contribution is 7.15. The summed E-state index contributed by atoms with van der Waals surface area (Å²) in [6.45, 7) is 3.04. The third-order valence-corrected chi connectivity index (χ3v) is 2.67. The van der Waals surface area contributed by atoms with E-state index in [-0.39, 0.29) is 0 Å². The van der Waals surface area contributed by atoms with Gasteiger partial charge in [-0.25, -0.2) is 0 Å². The summed E-state index contributed by atoms with van der Waals surface area (Å²) >= 11 is 6.96. The Balaban J connectivity index is 1.88. The number of halogens is 1. The Morgan fingerprint density at radius 1 is 1.12 bits per heavy atom. The maximum Gasteiger partial charge on any atom is 0.207 e. The quantitative estimate of drug-likeness (QED) is 0.638. The molecule has 0 radical (unpaired) electrons. The van der Waals surface area contributed by atoms with E-state index in [0.717, 1.165) is 11.4 Å². The predicted molar refractivity (Wildman–Crippen MR) is 61.9 cm³/mol. The average molecular weight is 267 g/mol. The second kappa shape index (κ2) is 8.83. The molecule has 1 rings (SSSR count). The van der Waals surface area contributed by atoms with Gasteiger partial charge in [-0.05, 0) is 18.0 Å². The molecule has 92 valence electrons. The van der Waals surface area contributed by atoms with Gasteiger partial charge in [0.1, 0.15) is 11.6 Å². The zero-order valence-corrected chi connectivity index (χ0v) is 10.7. The summed E-state index contributed by atoms with van der Waals surface area (Å²) in [6, 6.07) is 0. The lowest BCUT2D eigenvalue weighted by molar-refractivity contribution is 0.0482. The van der Waals surface area contributed by atoms with Crippen molar-refractivity contribution in [3.63, 3.8) is 0 Å². The summed E-state index contributed by atoms with van der Waals surface area (Å²) in [5, 5.41) is 8.32. The van der Waals surface area contributed by atoms with E-state index >= 15 is 0 Å². The highest BCUT2D eigenvalue weighted by atomic mass is 35.5. The Kier molecular flexibility index (Phi) is 7.62. The van der Waals surface area contributed by atoms with Crippen LogP contribution in [-0.2, 0) is 20.8 Å². The molecule has 7 heteroatoms. The number of nitrogens with zero attached hydrogens (tertiary/aromatic N) is 2. The van der Waals surface area contributed by atoms with Gasteiger partial charge in [-0.1, -0.05) is 11.3 Å². The van der Waals surface area contributed by atoms with Gasteiger partial charge in [0.25, 0.3) is 0 Å². The largest absolute Gasteiger partial charge is 0.382 e. The Labute approximate surface area is 104 Å². The van der Waals surface area contributed by atoms with Gasteiger partial charge in [-0.2, -0.15) is 0 Å². The normalized spacial score (nSPS) is 10.9. The van der Waals surface area contributed by atoms with Crippen LogP contribution in [0.1, 0.15) is 11.4 Å². The summed E-state index contributed by atoms with van der Waals surface area (Å²) in [5.74, 6) is 0. The van der Waals surface area contributed by atoms with E-state index in [9.17, 15) is 0 Å². The third-order valence-electron chi connectivity index (χ3n) is 1.68. The van der Waals surface area contributed by atoms with Gasteiger partial charge in [0, 0.05) is 20.3 Å². The Morgan fingerprint density at radius 2 is 1.94 bits per heavy atom. The summed E-state index contributed by atoms with van der Waals surface area (Å²) < 4.78 is 15.9. The van der Waals surface area contributed by atoms with Crippen molar-refractivity contribution in [2.75, 3.05) is 33.5 Å². The molecule has 1 aromatic rings. The minimum absolute atomic E-state index is 0.446. The second-order valence-electron chi connectivity index (χ2n) is 2.96. The first kappa shape index (κ1) is 13.8. The first-order valence-corrected chi connectivity index (χ1v) is 6.14. The summed E-state index contributed by atoms with van der Waals surface area (Å²) in [6.07, 6.45) is 0.857. The molecule has 0 saturated carbocycles. The van der Waals surface area contributed by atoms with Crippen molar-refractivity contribution in [3.8, 4) is 0 Å². The van der Waals surface area contributed by atoms with Gasteiger partial charge in [0.2, 0.25) is 4.47 Å². The van der Waals surface area contributed by atoms with Crippen molar-refractivity contribution < 1.29 is 14.2 Å². The molecule has 0 fully saturated rings. The lowest BCUT2D eigenvalue weighted by Gasteiger charge is -2.03. The van der Waals surface area contributed by atoms with Crippen molar-refractivity contribution in [1.82, 2.24) is 10.2 Å². The minimum atomic E-state index is 0.446. The van der Waals surface area contributed by atoms with Crippen LogP contribution in [0.25, 0.3) is 0 Å². The van der Waals surface area contributed by atoms with E-state index in [0.29, 0.717) is 37.5 Å². The summed E-state index contributed by atoms with van der Waals surface area (Å²) in [4.78, 5) is 0. The standard InChI is InChI=1S/C9H15ClN2O3S/c1-13-5-6-14-3-2-4-15-7-8-11-12-9(10)16-8/h2-7H2,1H3. The van der Waals surface area contributed by atoms with Crippen LogP contribution in [0.15, 0.2) is 0 Å². The van der Waals surface area contributed by atoms with Crippen LogP contribution in [0, 0.1) is 0 Å². The van der Waals surface area contributed by atoms with Crippen molar-refractivity contribution in [1.29, 1.82) is 0 Å². The first-order chi connectivity index (χ1) is 7.83. The number of rotatable bonds is 9. The molecule has 5 nitrogen and oxygen atoms in total. The average Bonchev–Trinajstić information content (AvgIpc) is 2.68.